The number of rotatable bonds is 2. The summed E-state index contributed by atoms with van der Waals surface area (Å²) in [6, 6.07) is 12.0. The van der Waals surface area contributed by atoms with E-state index in [2.05, 4.69) is 0 Å². The van der Waals surface area contributed by atoms with Gasteiger partial charge < -0.3 is 9.67 Å². The van der Waals surface area contributed by atoms with E-state index >= 15 is 0 Å². The highest BCUT2D eigenvalue weighted by atomic mass is 16.3. The van der Waals surface area contributed by atoms with E-state index in [1.807, 2.05) is 54.1 Å². The fourth-order valence-electron chi connectivity index (χ4n) is 1.59. The van der Waals surface area contributed by atoms with Crippen LogP contribution < -0.4 is 0 Å². The Morgan fingerprint density at radius 1 is 1.14 bits per heavy atom. The molecule has 0 saturated heterocycles. The molecule has 14 heavy (non-hydrogen) atoms. The number of aliphatic hydroxyl groups is 1. The standard InChI is InChI=1S/C12H13NO/c1-10-7-8-13(12(10)9-14)11-5-3-2-4-6-11/h2-8,14H,9H2,1H3. The number of hydrogen-bond donors (Lipinski definition) is 1. The zero-order valence-electron chi connectivity index (χ0n) is 8.14. The van der Waals surface area contributed by atoms with Crippen LogP contribution in [-0.2, 0) is 6.61 Å². The molecule has 0 aliphatic rings. The molecule has 0 aliphatic heterocycles. The molecule has 1 aromatic carbocycles. The number of hydrogen-bond acceptors (Lipinski definition) is 1. The van der Waals surface area contributed by atoms with Crippen LogP contribution in [0, 0.1) is 6.92 Å². The summed E-state index contributed by atoms with van der Waals surface area (Å²) in [5, 5.41) is 9.23. The molecule has 2 heteroatoms. The first-order valence-electron chi connectivity index (χ1n) is 4.66. The third-order valence-electron chi connectivity index (χ3n) is 2.40. The summed E-state index contributed by atoms with van der Waals surface area (Å²) in [5.41, 5.74) is 3.16. The largest absolute Gasteiger partial charge is 0.390 e. The first kappa shape index (κ1) is 9.03. The lowest BCUT2D eigenvalue weighted by Gasteiger charge is -2.07. The van der Waals surface area contributed by atoms with Crippen LogP contribution >= 0.6 is 0 Å². The van der Waals surface area contributed by atoms with Crippen LogP contribution in [-0.4, -0.2) is 9.67 Å². The zero-order chi connectivity index (χ0) is 9.97. The summed E-state index contributed by atoms with van der Waals surface area (Å²) in [5.74, 6) is 0. The summed E-state index contributed by atoms with van der Waals surface area (Å²) in [6.45, 7) is 2.08. The molecule has 1 N–H and O–H groups in total. The summed E-state index contributed by atoms with van der Waals surface area (Å²) in [6.07, 6.45) is 1.98. The van der Waals surface area contributed by atoms with Crippen molar-refractivity contribution in [3.63, 3.8) is 0 Å². The summed E-state index contributed by atoms with van der Waals surface area (Å²) in [4.78, 5) is 0. The van der Waals surface area contributed by atoms with Crippen LogP contribution in [0.1, 0.15) is 11.3 Å². The van der Waals surface area contributed by atoms with Gasteiger partial charge in [-0.1, -0.05) is 18.2 Å². The van der Waals surface area contributed by atoms with Crippen LogP contribution in [0.2, 0.25) is 0 Å². The molecule has 0 aliphatic carbocycles. The van der Waals surface area contributed by atoms with E-state index in [1.165, 1.54) is 0 Å². The number of aromatic nitrogens is 1. The lowest BCUT2D eigenvalue weighted by atomic mass is 10.2. The SMILES string of the molecule is Cc1ccn(-c2ccccc2)c1CO. The first-order chi connectivity index (χ1) is 6.83. The molecule has 0 radical (unpaired) electrons. The highest BCUT2D eigenvalue weighted by molar-refractivity contribution is 5.37. The quantitative estimate of drug-likeness (QED) is 0.766. The second kappa shape index (κ2) is 3.68. The molecule has 0 saturated carbocycles. The van der Waals surface area contributed by atoms with Gasteiger partial charge in [-0.2, -0.15) is 0 Å². The van der Waals surface area contributed by atoms with Crippen LogP contribution in [0.4, 0.5) is 0 Å². The topological polar surface area (TPSA) is 25.2 Å². The van der Waals surface area contributed by atoms with E-state index in [1.54, 1.807) is 0 Å². The Morgan fingerprint density at radius 2 is 1.86 bits per heavy atom. The summed E-state index contributed by atoms with van der Waals surface area (Å²) in [7, 11) is 0. The van der Waals surface area contributed by atoms with Crippen molar-refractivity contribution in [2.75, 3.05) is 0 Å². The van der Waals surface area contributed by atoms with Gasteiger partial charge >= 0.3 is 0 Å². The van der Waals surface area contributed by atoms with Gasteiger partial charge in [-0.05, 0) is 30.7 Å². The Kier molecular flexibility index (Phi) is 2.37. The third-order valence-corrected chi connectivity index (χ3v) is 2.40. The second-order valence-corrected chi connectivity index (χ2v) is 3.31. The molecule has 0 atom stereocenters. The number of para-hydroxylation sites is 1. The van der Waals surface area contributed by atoms with Gasteiger partial charge in [0.15, 0.2) is 0 Å². The van der Waals surface area contributed by atoms with Crippen LogP contribution in [0.15, 0.2) is 42.6 Å². The van der Waals surface area contributed by atoms with Crippen molar-refractivity contribution in [2.45, 2.75) is 13.5 Å². The van der Waals surface area contributed by atoms with Crippen LogP contribution in [0.3, 0.4) is 0 Å². The summed E-state index contributed by atoms with van der Waals surface area (Å²) < 4.78 is 2.01. The number of aryl methyl sites for hydroxylation is 1. The lowest BCUT2D eigenvalue weighted by Crippen LogP contribution is -1.99. The summed E-state index contributed by atoms with van der Waals surface area (Å²) >= 11 is 0. The van der Waals surface area contributed by atoms with Gasteiger partial charge in [0, 0.05) is 11.9 Å². The van der Waals surface area contributed by atoms with Gasteiger partial charge in [-0.3, -0.25) is 0 Å². The zero-order valence-corrected chi connectivity index (χ0v) is 8.14. The predicted octanol–water partition coefficient (Wildman–Crippen LogP) is 2.28. The monoisotopic (exact) mass is 187 g/mol. The maximum Gasteiger partial charge on any atom is 0.0839 e. The van der Waals surface area contributed by atoms with E-state index in [-0.39, 0.29) is 6.61 Å². The molecule has 0 unspecified atom stereocenters. The van der Waals surface area contributed by atoms with Crippen LogP contribution in [0.5, 0.6) is 0 Å². The normalized spacial score (nSPS) is 10.4. The van der Waals surface area contributed by atoms with Crippen molar-refractivity contribution in [1.29, 1.82) is 0 Å². The Hall–Kier alpha value is -1.54. The minimum atomic E-state index is 0.0771. The predicted molar refractivity (Wildman–Crippen MR) is 56.4 cm³/mol. The maximum absolute atomic E-state index is 9.23. The third kappa shape index (κ3) is 1.44. The highest BCUT2D eigenvalue weighted by Gasteiger charge is 2.04. The fourth-order valence-corrected chi connectivity index (χ4v) is 1.59. The smallest absolute Gasteiger partial charge is 0.0839 e. The van der Waals surface area contributed by atoms with Crippen molar-refractivity contribution in [1.82, 2.24) is 4.57 Å². The van der Waals surface area contributed by atoms with Gasteiger partial charge in [0.2, 0.25) is 0 Å². The molecule has 72 valence electrons. The Labute approximate surface area is 83.4 Å². The van der Waals surface area contributed by atoms with Crippen molar-refractivity contribution in [3.8, 4) is 5.69 Å². The van der Waals surface area contributed by atoms with Crippen molar-refractivity contribution in [3.05, 3.63) is 53.9 Å². The fraction of sp³-hybridized carbons (Fsp3) is 0.167. The Morgan fingerprint density at radius 3 is 2.50 bits per heavy atom. The minimum absolute atomic E-state index is 0.0771. The van der Waals surface area contributed by atoms with Gasteiger partial charge in [-0.25, -0.2) is 0 Å². The van der Waals surface area contributed by atoms with Gasteiger partial charge in [0.05, 0.1) is 12.3 Å². The van der Waals surface area contributed by atoms with Gasteiger partial charge in [-0.15, -0.1) is 0 Å². The number of benzene rings is 1. The van der Waals surface area contributed by atoms with Crippen molar-refractivity contribution >= 4 is 0 Å². The minimum Gasteiger partial charge on any atom is -0.390 e. The Balaban J connectivity index is 2.52. The molecule has 0 spiro atoms. The molecular formula is C12H13NO. The molecule has 2 aromatic rings. The molecule has 2 rings (SSSR count). The molecule has 2 nitrogen and oxygen atoms in total. The second-order valence-electron chi connectivity index (χ2n) is 3.31. The molecule has 0 amide bonds. The average molecular weight is 187 g/mol. The van der Waals surface area contributed by atoms with Crippen LogP contribution in [0.25, 0.3) is 5.69 Å². The van der Waals surface area contributed by atoms with Gasteiger partial charge in [0.1, 0.15) is 0 Å². The number of nitrogens with zero attached hydrogens (tertiary/aromatic N) is 1. The molecule has 1 heterocycles. The number of aliphatic hydroxyl groups excluding tert-OH is 1. The van der Waals surface area contributed by atoms with Gasteiger partial charge in [0.25, 0.3) is 0 Å². The molecule has 0 bridgehead atoms. The van der Waals surface area contributed by atoms with E-state index in [4.69, 9.17) is 0 Å². The Bertz CT molecular complexity index is 417. The van der Waals surface area contributed by atoms with E-state index < -0.39 is 0 Å². The molecule has 1 aromatic heterocycles. The van der Waals surface area contributed by atoms with Crippen molar-refractivity contribution < 1.29 is 5.11 Å². The highest BCUT2D eigenvalue weighted by Crippen LogP contribution is 2.16. The maximum atomic E-state index is 9.23. The van der Waals surface area contributed by atoms with E-state index in [0.29, 0.717) is 0 Å². The molecule has 0 fully saturated rings. The average Bonchev–Trinajstić information content (AvgIpc) is 2.61. The molecular weight excluding hydrogens is 174 g/mol. The van der Waals surface area contributed by atoms with Crippen molar-refractivity contribution in [2.24, 2.45) is 0 Å². The van der Waals surface area contributed by atoms with E-state index in [9.17, 15) is 5.11 Å². The lowest BCUT2D eigenvalue weighted by molar-refractivity contribution is 0.274. The first-order valence-corrected chi connectivity index (χ1v) is 4.66. The van der Waals surface area contributed by atoms with E-state index in [0.717, 1.165) is 16.9 Å².